The fourth-order valence-electron chi connectivity index (χ4n) is 2.34. The molecule has 4 heteroatoms. The summed E-state index contributed by atoms with van der Waals surface area (Å²) in [5, 5.41) is 0. The van der Waals surface area contributed by atoms with E-state index in [2.05, 4.69) is 37.3 Å². The van der Waals surface area contributed by atoms with Crippen molar-refractivity contribution in [2.45, 2.75) is 58.9 Å². The van der Waals surface area contributed by atoms with Crippen molar-refractivity contribution < 1.29 is 13.5 Å². The summed E-state index contributed by atoms with van der Waals surface area (Å²) in [5.41, 5.74) is 0. The predicted octanol–water partition coefficient (Wildman–Crippen LogP) is 2.73. The standard InChI is InChI=1S/C11H21F2NO/c1-7(2)10-5-9(15-11(12)13)6-14(10)8(3)4/h7-11H,5-6H2,1-4H3/t9-,10?/m0/s1. The molecule has 1 rings (SSSR count). The summed E-state index contributed by atoms with van der Waals surface area (Å²) in [7, 11) is 0. The highest BCUT2D eigenvalue weighted by atomic mass is 19.3. The molecular formula is C11H21F2NO. The van der Waals surface area contributed by atoms with Crippen LogP contribution in [0.3, 0.4) is 0 Å². The number of ether oxygens (including phenoxy) is 1. The maximum atomic E-state index is 12.1. The third-order valence-electron chi connectivity index (χ3n) is 3.07. The minimum Gasteiger partial charge on any atom is -0.318 e. The van der Waals surface area contributed by atoms with Gasteiger partial charge in [-0.3, -0.25) is 4.90 Å². The summed E-state index contributed by atoms with van der Waals surface area (Å²) in [5.74, 6) is 0.485. The Kier molecular flexibility index (Phi) is 4.46. The first-order valence-electron chi connectivity index (χ1n) is 5.61. The first kappa shape index (κ1) is 12.8. The number of rotatable bonds is 4. The number of hydrogen-bond donors (Lipinski definition) is 0. The molecule has 0 aliphatic carbocycles. The van der Waals surface area contributed by atoms with E-state index >= 15 is 0 Å². The van der Waals surface area contributed by atoms with Gasteiger partial charge >= 0.3 is 6.61 Å². The van der Waals surface area contributed by atoms with Crippen LogP contribution in [0.2, 0.25) is 0 Å². The molecule has 2 nitrogen and oxygen atoms in total. The SMILES string of the molecule is CC(C)C1C[C@H](OC(F)F)CN1C(C)C. The molecule has 1 heterocycles. The number of halogens is 2. The lowest BCUT2D eigenvalue weighted by atomic mass is 10.0. The van der Waals surface area contributed by atoms with E-state index in [1.54, 1.807) is 0 Å². The third-order valence-corrected chi connectivity index (χ3v) is 3.07. The van der Waals surface area contributed by atoms with E-state index in [1.165, 1.54) is 0 Å². The highest BCUT2D eigenvalue weighted by Crippen LogP contribution is 2.28. The zero-order valence-corrected chi connectivity index (χ0v) is 9.91. The van der Waals surface area contributed by atoms with Crippen molar-refractivity contribution in [3.63, 3.8) is 0 Å². The predicted molar refractivity (Wildman–Crippen MR) is 56.0 cm³/mol. The zero-order chi connectivity index (χ0) is 11.6. The van der Waals surface area contributed by atoms with Gasteiger partial charge in [0, 0.05) is 18.6 Å². The van der Waals surface area contributed by atoms with Gasteiger partial charge in [-0.1, -0.05) is 13.8 Å². The van der Waals surface area contributed by atoms with Gasteiger partial charge in [-0.25, -0.2) is 0 Å². The van der Waals surface area contributed by atoms with Crippen LogP contribution in [-0.2, 0) is 4.74 Å². The average molecular weight is 221 g/mol. The van der Waals surface area contributed by atoms with Crippen molar-refractivity contribution in [1.29, 1.82) is 0 Å². The maximum absolute atomic E-state index is 12.1. The summed E-state index contributed by atoms with van der Waals surface area (Å²) >= 11 is 0. The lowest BCUT2D eigenvalue weighted by molar-refractivity contribution is -0.159. The summed E-state index contributed by atoms with van der Waals surface area (Å²) < 4.78 is 28.8. The molecule has 0 radical (unpaired) electrons. The van der Waals surface area contributed by atoms with Gasteiger partial charge in [0.2, 0.25) is 0 Å². The maximum Gasteiger partial charge on any atom is 0.345 e. The van der Waals surface area contributed by atoms with Crippen molar-refractivity contribution in [3.8, 4) is 0 Å². The Balaban J connectivity index is 2.57. The smallest absolute Gasteiger partial charge is 0.318 e. The van der Waals surface area contributed by atoms with E-state index in [4.69, 9.17) is 0 Å². The summed E-state index contributed by atoms with van der Waals surface area (Å²) in [4.78, 5) is 2.26. The van der Waals surface area contributed by atoms with Gasteiger partial charge in [0.25, 0.3) is 0 Å². The van der Waals surface area contributed by atoms with Crippen molar-refractivity contribution in [2.24, 2.45) is 5.92 Å². The number of hydrogen-bond acceptors (Lipinski definition) is 2. The van der Waals surface area contributed by atoms with Gasteiger partial charge in [-0.15, -0.1) is 0 Å². The topological polar surface area (TPSA) is 12.5 Å². The summed E-state index contributed by atoms with van der Waals surface area (Å²) in [6, 6.07) is 0.762. The van der Waals surface area contributed by atoms with Gasteiger partial charge in [-0.05, 0) is 26.2 Å². The van der Waals surface area contributed by atoms with E-state index in [0.717, 1.165) is 6.42 Å². The molecule has 90 valence electrons. The summed E-state index contributed by atoms with van der Waals surface area (Å²) in [6.45, 7) is 6.44. The monoisotopic (exact) mass is 221 g/mol. The Hall–Kier alpha value is -0.220. The van der Waals surface area contributed by atoms with Gasteiger partial charge in [0.05, 0.1) is 6.10 Å². The number of nitrogens with zero attached hydrogens (tertiary/aromatic N) is 1. The normalized spacial score (nSPS) is 28.6. The van der Waals surface area contributed by atoms with Crippen LogP contribution in [-0.4, -0.2) is 36.2 Å². The Morgan fingerprint density at radius 1 is 1.20 bits per heavy atom. The number of likely N-dealkylation sites (tertiary alicyclic amines) is 1. The van der Waals surface area contributed by atoms with Crippen LogP contribution in [0.5, 0.6) is 0 Å². The number of alkyl halides is 2. The fraction of sp³-hybridized carbons (Fsp3) is 1.00. The molecule has 0 amide bonds. The van der Waals surface area contributed by atoms with Gasteiger partial charge in [0.15, 0.2) is 0 Å². The van der Waals surface area contributed by atoms with Crippen molar-refractivity contribution in [1.82, 2.24) is 4.90 Å². The molecule has 0 aromatic carbocycles. The van der Waals surface area contributed by atoms with Crippen LogP contribution in [0.15, 0.2) is 0 Å². The Morgan fingerprint density at radius 2 is 1.80 bits per heavy atom. The molecule has 15 heavy (non-hydrogen) atoms. The van der Waals surface area contributed by atoms with Crippen LogP contribution in [0, 0.1) is 5.92 Å². The largest absolute Gasteiger partial charge is 0.345 e. The zero-order valence-electron chi connectivity index (χ0n) is 9.91. The van der Waals surface area contributed by atoms with Crippen molar-refractivity contribution in [2.75, 3.05) is 6.54 Å². The molecule has 0 N–H and O–H groups in total. The Bertz CT molecular complexity index is 181. The van der Waals surface area contributed by atoms with Crippen LogP contribution in [0.1, 0.15) is 34.1 Å². The van der Waals surface area contributed by atoms with E-state index in [9.17, 15) is 8.78 Å². The molecule has 2 atom stereocenters. The molecule has 0 aromatic rings. The second-order valence-electron chi connectivity index (χ2n) is 4.86. The van der Waals surface area contributed by atoms with E-state index in [0.29, 0.717) is 24.5 Å². The molecule has 1 saturated heterocycles. The highest BCUT2D eigenvalue weighted by Gasteiger charge is 2.36. The van der Waals surface area contributed by atoms with Crippen molar-refractivity contribution >= 4 is 0 Å². The van der Waals surface area contributed by atoms with Gasteiger partial charge < -0.3 is 4.74 Å². The van der Waals surface area contributed by atoms with Gasteiger partial charge in [-0.2, -0.15) is 8.78 Å². The van der Waals surface area contributed by atoms with Crippen LogP contribution >= 0.6 is 0 Å². The lowest BCUT2D eigenvalue weighted by Crippen LogP contribution is -2.38. The molecule has 1 aliphatic heterocycles. The fourth-order valence-corrected chi connectivity index (χ4v) is 2.34. The van der Waals surface area contributed by atoms with E-state index < -0.39 is 6.61 Å². The first-order valence-corrected chi connectivity index (χ1v) is 5.61. The van der Waals surface area contributed by atoms with Crippen molar-refractivity contribution in [3.05, 3.63) is 0 Å². The Morgan fingerprint density at radius 3 is 2.13 bits per heavy atom. The van der Waals surface area contributed by atoms with E-state index in [-0.39, 0.29) is 6.10 Å². The molecule has 0 bridgehead atoms. The second-order valence-corrected chi connectivity index (χ2v) is 4.86. The molecule has 1 fully saturated rings. The van der Waals surface area contributed by atoms with E-state index in [1.807, 2.05) is 0 Å². The Labute approximate surface area is 90.6 Å². The van der Waals surface area contributed by atoms with Crippen LogP contribution in [0.4, 0.5) is 8.78 Å². The summed E-state index contributed by atoms with van der Waals surface area (Å²) in [6.07, 6.45) is 0.417. The molecule has 0 spiro atoms. The molecular weight excluding hydrogens is 200 g/mol. The minimum atomic E-state index is -2.64. The van der Waals surface area contributed by atoms with Crippen LogP contribution < -0.4 is 0 Å². The van der Waals surface area contributed by atoms with Gasteiger partial charge in [0.1, 0.15) is 0 Å². The van der Waals surface area contributed by atoms with Crippen LogP contribution in [0.25, 0.3) is 0 Å². The average Bonchev–Trinajstić information content (AvgIpc) is 2.46. The molecule has 1 unspecified atom stereocenters. The quantitative estimate of drug-likeness (QED) is 0.723. The second kappa shape index (κ2) is 5.21. The third kappa shape index (κ3) is 3.38. The molecule has 0 saturated carbocycles. The first-order chi connectivity index (χ1) is 6.91. The molecule has 0 aromatic heterocycles. The molecule has 1 aliphatic rings. The highest BCUT2D eigenvalue weighted by molar-refractivity contribution is 4.89. The lowest BCUT2D eigenvalue weighted by Gasteiger charge is -2.30. The minimum absolute atomic E-state index is 0.306.